The third-order valence-corrected chi connectivity index (χ3v) is 3.14. The van der Waals surface area contributed by atoms with E-state index in [4.69, 9.17) is 27.9 Å². The Kier molecular flexibility index (Phi) is 4.76. The van der Waals surface area contributed by atoms with Crippen LogP contribution in [0.4, 0.5) is 0 Å². The predicted molar refractivity (Wildman–Crippen MR) is 72.4 cm³/mol. The first kappa shape index (κ1) is 14.3. The van der Waals surface area contributed by atoms with Crippen LogP contribution in [0.15, 0.2) is 24.5 Å². The molecular formula is C12H13Cl2N3O2. The molecule has 1 N–H and O–H groups in total. The smallest absolute Gasteiger partial charge is 0.139 e. The molecule has 0 amide bonds. The van der Waals surface area contributed by atoms with Crippen LogP contribution >= 0.6 is 23.2 Å². The van der Waals surface area contributed by atoms with Gasteiger partial charge in [0.2, 0.25) is 0 Å². The number of nitrogens with zero attached hydrogens (tertiary/aromatic N) is 3. The largest absolute Gasteiger partial charge is 0.383 e. The zero-order chi connectivity index (χ0) is 13.8. The summed E-state index contributed by atoms with van der Waals surface area (Å²) in [6, 6.07) is 3.31. The van der Waals surface area contributed by atoms with Crippen molar-refractivity contribution in [2.24, 2.45) is 0 Å². The lowest BCUT2D eigenvalue weighted by Crippen LogP contribution is -2.14. The molecule has 0 aliphatic carbocycles. The zero-order valence-corrected chi connectivity index (χ0v) is 11.8. The van der Waals surface area contributed by atoms with Crippen LogP contribution < -0.4 is 0 Å². The van der Waals surface area contributed by atoms with Crippen molar-refractivity contribution in [2.45, 2.75) is 12.6 Å². The molecular weight excluding hydrogens is 289 g/mol. The molecule has 1 atom stereocenters. The van der Waals surface area contributed by atoms with Gasteiger partial charge in [-0.3, -0.25) is 9.67 Å². The number of hydrogen-bond donors (Lipinski definition) is 1. The molecule has 0 saturated carbocycles. The van der Waals surface area contributed by atoms with Crippen LogP contribution in [0.1, 0.15) is 17.5 Å². The first-order chi connectivity index (χ1) is 9.13. The third-order valence-electron chi connectivity index (χ3n) is 2.63. The Balaban J connectivity index is 2.29. The molecule has 102 valence electrons. The Morgan fingerprint density at radius 2 is 2.16 bits per heavy atom. The van der Waals surface area contributed by atoms with E-state index in [2.05, 4.69) is 10.1 Å². The number of methoxy groups -OCH3 is 1. The number of halogens is 2. The topological polar surface area (TPSA) is 60.2 Å². The number of aromatic nitrogens is 3. The van der Waals surface area contributed by atoms with Gasteiger partial charge in [-0.25, -0.2) is 0 Å². The Morgan fingerprint density at radius 1 is 1.37 bits per heavy atom. The molecule has 2 heterocycles. The summed E-state index contributed by atoms with van der Waals surface area (Å²) in [7, 11) is 1.60. The van der Waals surface area contributed by atoms with Crippen LogP contribution in [-0.4, -0.2) is 33.6 Å². The average molecular weight is 302 g/mol. The van der Waals surface area contributed by atoms with Gasteiger partial charge in [0.1, 0.15) is 6.10 Å². The highest BCUT2D eigenvalue weighted by Gasteiger charge is 2.20. The van der Waals surface area contributed by atoms with E-state index in [1.165, 1.54) is 12.4 Å². The van der Waals surface area contributed by atoms with Gasteiger partial charge < -0.3 is 9.84 Å². The summed E-state index contributed by atoms with van der Waals surface area (Å²) in [5.74, 6) is 0. The van der Waals surface area contributed by atoms with E-state index in [1.54, 1.807) is 23.9 Å². The van der Waals surface area contributed by atoms with Crippen LogP contribution in [0.2, 0.25) is 10.0 Å². The molecule has 0 saturated heterocycles. The summed E-state index contributed by atoms with van der Waals surface area (Å²) in [6.45, 7) is 0.981. The Labute approximate surface area is 120 Å². The number of rotatable bonds is 5. The van der Waals surface area contributed by atoms with E-state index in [1.807, 2.05) is 0 Å². The van der Waals surface area contributed by atoms with Crippen molar-refractivity contribution < 1.29 is 9.84 Å². The Hall–Kier alpha value is -1.14. The first-order valence-electron chi connectivity index (χ1n) is 5.63. The monoisotopic (exact) mass is 301 g/mol. The number of hydrogen-bond acceptors (Lipinski definition) is 4. The van der Waals surface area contributed by atoms with Gasteiger partial charge >= 0.3 is 0 Å². The van der Waals surface area contributed by atoms with Gasteiger partial charge in [-0.05, 0) is 12.1 Å². The summed E-state index contributed by atoms with van der Waals surface area (Å²) >= 11 is 11.8. The van der Waals surface area contributed by atoms with Crippen LogP contribution in [0.25, 0.3) is 0 Å². The normalized spacial score (nSPS) is 12.6. The molecule has 0 radical (unpaired) electrons. The number of ether oxygens (including phenoxy) is 1. The van der Waals surface area contributed by atoms with E-state index >= 15 is 0 Å². The van der Waals surface area contributed by atoms with Gasteiger partial charge in [0, 0.05) is 13.3 Å². The highest BCUT2D eigenvalue weighted by atomic mass is 35.5. The summed E-state index contributed by atoms with van der Waals surface area (Å²) in [4.78, 5) is 4.08. The number of aliphatic hydroxyl groups is 1. The van der Waals surface area contributed by atoms with Gasteiger partial charge in [0.15, 0.2) is 0 Å². The summed E-state index contributed by atoms with van der Waals surface area (Å²) in [5, 5.41) is 15.3. The number of aliphatic hydroxyl groups excluding tert-OH is 1. The molecule has 0 aliphatic heterocycles. The van der Waals surface area contributed by atoms with Gasteiger partial charge in [-0.15, -0.1) is 0 Å². The van der Waals surface area contributed by atoms with Gasteiger partial charge in [0.05, 0.1) is 40.8 Å². The molecule has 7 heteroatoms. The fraction of sp³-hybridized carbons (Fsp3) is 0.333. The molecule has 0 aliphatic rings. The van der Waals surface area contributed by atoms with Crippen molar-refractivity contribution >= 4 is 23.2 Å². The van der Waals surface area contributed by atoms with Gasteiger partial charge in [-0.1, -0.05) is 23.2 Å². The first-order valence-corrected chi connectivity index (χ1v) is 6.38. The van der Waals surface area contributed by atoms with Crippen LogP contribution in [0.5, 0.6) is 0 Å². The molecule has 2 aromatic rings. The summed E-state index contributed by atoms with van der Waals surface area (Å²) in [6.07, 6.45) is 2.01. The van der Waals surface area contributed by atoms with Crippen molar-refractivity contribution in [2.75, 3.05) is 13.7 Å². The van der Waals surface area contributed by atoms with Crippen LogP contribution in [0, 0.1) is 0 Å². The molecule has 2 aromatic heterocycles. The highest BCUT2D eigenvalue weighted by molar-refractivity contribution is 6.31. The second-order valence-corrected chi connectivity index (χ2v) is 4.74. The minimum atomic E-state index is -0.955. The maximum atomic E-state index is 10.3. The maximum absolute atomic E-state index is 10.3. The lowest BCUT2D eigenvalue weighted by molar-refractivity contribution is 0.170. The predicted octanol–water partition coefficient (Wildman–Crippen LogP) is 2.31. The molecule has 2 rings (SSSR count). The standard InChI is InChI=1S/C12H13Cl2N3O2/c1-19-5-4-17-11(9(14)7-16-17)12(18)10-3-2-8(13)6-15-10/h2-3,6-7,12,18H,4-5H2,1H3. The Bertz CT molecular complexity index is 542. The second-order valence-electron chi connectivity index (χ2n) is 3.90. The molecule has 0 aromatic carbocycles. The van der Waals surface area contributed by atoms with Gasteiger partial charge in [-0.2, -0.15) is 5.10 Å². The third kappa shape index (κ3) is 3.25. The van der Waals surface area contributed by atoms with Crippen molar-refractivity contribution in [3.63, 3.8) is 0 Å². The van der Waals surface area contributed by atoms with E-state index < -0.39 is 6.10 Å². The minimum absolute atomic E-state index is 0.389. The minimum Gasteiger partial charge on any atom is -0.383 e. The fourth-order valence-corrected chi connectivity index (χ4v) is 2.05. The molecule has 0 spiro atoms. The molecule has 19 heavy (non-hydrogen) atoms. The average Bonchev–Trinajstić information content (AvgIpc) is 2.77. The molecule has 1 unspecified atom stereocenters. The summed E-state index contributed by atoms with van der Waals surface area (Å²) < 4.78 is 6.60. The van der Waals surface area contributed by atoms with Crippen LogP contribution in [-0.2, 0) is 11.3 Å². The zero-order valence-electron chi connectivity index (χ0n) is 10.3. The quantitative estimate of drug-likeness (QED) is 0.921. The Morgan fingerprint density at radius 3 is 2.79 bits per heavy atom. The van der Waals surface area contributed by atoms with Gasteiger partial charge in [0.25, 0.3) is 0 Å². The number of pyridine rings is 1. The fourth-order valence-electron chi connectivity index (χ4n) is 1.69. The molecule has 0 bridgehead atoms. The maximum Gasteiger partial charge on any atom is 0.139 e. The van der Waals surface area contributed by atoms with E-state index in [9.17, 15) is 5.11 Å². The summed E-state index contributed by atoms with van der Waals surface area (Å²) in [5.41, 5.74) is 0.957. The molecule has 0 fully saturated rings. The van der Waals surface area contributed by atoms with Crippen molar-refractivity contribution in [3.8, 4) is 0 Å². The van der Waals surface area contributed by atoms with Crippen molar-refractivity contribution in [3.05, 3.63) is 46.0 Å². The molecule has 5 nitrogen and oxygen atoms in total. The van der Waals surface area contributed by atoms with Crippen LogP contribution in [0.3, 0.4) is 0 Å². The van der Waals surface area contributed by atoms with E-state index in [0.29, 0.717) is 34.6 Å². The highest BCUT2D eigenvalue weighted by Crippen LogP contribution is 2.27. The van der Waals surface area contributed by atoms with E-state index in [0.717, 1.165) is 0 Å². The van der Waals surface area contributed by atoms with E-state index in [-0.39, 0.29) is 0 Å². The lowest BCUT2D eigenvalue weighted by atomic mass is 10.1. The second kappa shape index (κ2) is 6.34. The van der Waals surface area contributed by atoms with Crippen molar-refractivity contribution in [1.29, 1.82) is 0 Å². The SMILES string of the molecule is COCCn1ncc(Cl)c1C(O)c1ccc(Cl)cn1. The van der Waals surface area contributed by atoms with Crippen molar-refractivity contribution in [1.82, 2.24) is 14.8 Å². The lowest BCUT2D eigenvalue weighted by Gasteiger charge is -2.13.